The zero-order valence-corrected chi connectivity index (χ0v) is 14.3. The van der Waals surface area contributed by atoms with Gasteiger partial charge in [-0.2, -0.15) is 4.31 Å². The van der Waals surface area contributed by atoms with Crippen molar-refractivity contribution in [2.45, 2.75) is 24.8 Å². The minimum absolute atomic E-state index is 0.0406. The van der Waals surface area contributed by atoms with Crippen LogP contribution in [-0.4, -0.2) is 68.7 Å². The van der Waals surface area contributed by atoms with E-state index in [1.165, 1.54) is 16.6 Å². The molecular formula is C14H20N2O7S. The summed E-state index contributed by atoms with van der Waals surface area (Å²) in [7, 11) is -3.70. The van der Waals surface area contributed by atoms with E-state index in [4.69, 9.17) is 14.2 Å². The maximum absolute atomic E-state index is 12.4. The third-order valence-corrected chi connectivity index (χ3v) is 5.05. The average Bonchev–Trinajstić information content (AvgIpc) is 3.03. The third kappa shape index (κ3) is 4.56. The van der Waals surface area contributed by atoms with Gasteiger partial charge in [0.1, 0.15) is 10.6 Å². The third-order valence-electron chi connectivity index (χ3n) is 3.17. The van der Waals surface area contributed by atoms with Crippen LogP contribution in [0.3, 0.4) is 0 Å². The lowest BCUT2D eigenvalue weighted by molar-refractivity contribution is -0.150. The number of morpholine rings is 1. The molecule has 134 valence electrons. The van der Waals surface area contributed by atoms with E-state index in [1.54, 1.807) is 13.8 Å². The highest BCUT2D eigenvalue weighted by atomic mass is 32.2. The lowest BCUT2D eigenvalue weighted by Gasteiger charge is -2.25. The maximum atomic E-state index is 12.4. The molecule has 1 aliphatic rings. The predicted molar refractivity (Wildman–Crippen MR) is 81.9 cm³/mol. The van der Waals surface area contributed by atoms with Crippen molar-refractivity contribution in [3.8, 4) is 0 Å². The quantitative estimate of drug-likeness (QED) is 0.718. The van der Waals surface area contributed by atoms with Crippen LogP contribution >= 0.6 is 0 Å². The lowest BCUT2D eigenvalue weighted by Crippen LogP contribution is -2.40. The molecule has 1 aromatic heterocycles. The van der Waals surface area contributed by atoms with Gasteiger partial charge in [-0.25, -0.2) is 18.0 Å². The zero-order chi connectivity index (χ0) is 17.7. The predicted octanol–water partition coefficient (Wildman–Crippen LogP) is 0.144. The first-order valence-corrected chi connectivity index (χ1v) is 8.87. The number of aromatic nitrogens is 1. The van der Waals surface area contributed by atoms with Crippen molar-refractivity contribution in [2.24, 2.45) is 0 Å². The molecule has 10 heteroatoms. The van der Waals surface area contributed by atoms with Gasteiger partial charge in [0.25, 0.3) is 0 Å². The van der Waals surface area contributed by atoms with Gasteiger partial charge in [-0.05, 0) is 19.9 Å². The van der Waals surface area contributed by atoms with Crippen molar-refractivity contribution < 1.29 is 32.2 Å². The van der Waals surface area contributed by atoms with E-state index >= 15 is 0 Å². The summed E-state index contributed by atoms with van der Waals surface area (Å²) < 4.78 is 40.9. The Morgan fingerprint density at radius 3 is 2.62 bits per heavy atom. The molecule has 0 saturated carbocycles. The Morgan fingerprint density at radius 1 is 1.33 bits per heavy atom. The van der Waals surface area contributed by atoms with E-state index < -0.39 is 28.6 Å². The maximum Gasteiger partial charge on any atom is 0.355 e. The van der Waals surface area contributed by atoms with Crippen molar-refractivity contribution in [3.63, 3.8) is 0 Å². The molecule has 0 amide bonds. The number of hydrogen-bond donors (Lipinski definition) is 1. The Bertz CT molecular complexity index is 690. The first kappa shape index (κ1) is 18.4. The van der Waals surface area contributed by atoms with Crippen LogP contribution < -0.4 is 0 Å². The monoisotopic (exact) mass is 360 g/mol. The van der Waals surface area contributed by atoms with Crippen LogP contribution in [0.25, 0.3) is 0 Å². The molecule has 2 rings (SSSR count). The van der Waals surface area contributed by atoms with Gasteiger partial charge >= 0.3 is 11.9 Å². The fraction of sp³-hybridized carbons (Fsp3) is 0.571. The molecule has 1 N–H and O–H groups in total. The summed E-state index contributed by atoms with van der Waals surface area (Å²) in [5.41, 5.74) is -0.0563. The zero-order valence-electron chi connectivity index (χ0n) is 13.5. The van der Waals surface area contributed by atoms with Crippen LogP contribution in [0.5, 0.6) is 0 Å². The summed E-state index contributed by atoms with van der Waals surface area (Å²) >= 11 is 0. The van der Waals surface area contributed by atoms with Crippen molar-refractivity contribution >= 4 is 22.0 Å². The van der Waals surface area contributed by atoms with Crippen molar-refractivity contribution in [3.05, 3.63) is 18.0 Å². The molecule has 0 unspecified atom stereocenters. The molecule has 0 spiro atoms. The number of hydrogen-bond acceptors (Lipinski definition) is 7. The fourth-order valence-electron chi connectivity index (χ4n) is 2.08. The van der Waals surface area contributed by atoms with E-state index in [2.05, 4.69) is 4.98 Å². The number of aromatic amines is 1. The minimum Gasteiger partial charge on any atom is -0.460 e. The number of esters is 2. The molecule has 1 fully saturated rings. The number of carbonyl (C=O) groups excluding carboxylic acids is 2. The highest BCUT2D eigenvalue weighted by molar-refractivity contribution is 7.89. The van der Waals surface area contributed by atoms with Gasteiger partial charge in [0.05, 0.1) is 19.3 Å². The van der Waals surface area contributed by atoms with Crippen molar-refractivity contribution in [1.82, 2.24) is 9.29 Å². The summed E-state index contributed by atoms with van der Waals surface area (Å²) in [6.07, 6.45) is 0.903. The Balaban J connectivity index is 1.99. The van der Waals surface area contributed by atoms with E-state index in [9.17, 15) is 18.0 Å². The van der Waals surface area contributed by atoms with E-state index in [1.807, 2.05) is 0 Å². The standard InChI is InChI=1S/C14H20N2O7S/c1-10(2)23-13(17)9-22-14(18)12-7-11(8-15-12)24(19,20)16-3-5-21-6-4-16/h7-8,10,15H,3-6,9H2,1-2H3. The molecule has 1 aromatic rings. The molecule has 0 bridgehead atoms. The number of nitrogens with zero attached hydrogens (tertiary/aromatic N) is 1. The minimum atomic E-state index is -3.70. The molecule has 1 aliphatic heterocycles. The van der Waals surface area contributed by atoms with Gasteiger partial charge in [0.2, 0.25) is 10.0 Å². The summed E-state index contributed by atoms with van der Waals surface area (Å²) in [5, 5.41) is 0. The number of rotatable bonds is 6. The Morgan fingerprint density at radius 2 is 2.00 bits per heavy atom. The molecule has 0 aliphatic carbocycles. The van der Waals surface area contributed by atoms with Crippen LogP contribution in [-0.2, 0) is 29.0 Å². The summed E-state index contributed by atoms with van der Waals surface area (Å²) in [6, 6.07) is 1.18. The number of nitrogens with one attached hydrogen (secondary N) is 1. The van der Waals surface area contributed by atoms with Crippen LogP contribution in [0, 0.1) is 0 Å². The van der Waals surface area contributed by atoms with Gasteiger partial charge in [0.15, 0.2) is 6.61 Å². The SMILES string of the molecule is CC(C)OC(=O)COC(=O)c1cc(S(=O)(=O)N2CCOCC2)c[nH]1. The number of carbonyl (C=O) groups is 2. The van der Waals surface area contributed by atoms with E-state index in [0.29, 0.717) is 13.2 Å². The number of sulfonamides is 1. The Labute approximate surface area is 139 Å². The average molecular weight is 360 g/mol. The molecule has 24 heavy (non-hydrogen) atoms. The molecule has 1 saturated heterocycles. The highest BCUT2D eigenvalue weighted by Gasteiger charge is 2.28. The van der Waals surface area contributed by atoms with Gasteiger partial charge in [-0.3, -0.25) is 0 Å². The molecular weight excluding hydrogens is 340 g/mol. The second-order valence-electron chi connectivity index (χ2n) is 5.38. The van der Waals surface area contributed by atoms with Gasteiger partial charge in [0, 0.05) is 19.3 Å². The summed E-state index contributed by atoms with van der Waals surface area (Å²) in [6.45, 7) is 3.98. The van der Waals surface area contributed by atoms with Gasteiger partial charge in [-0.15, -0.1) is 0 Å². The second kappa shape index (κ2) is 7.77. The molecule has 0 atom stereocenters. The Hall–Kier alpha value is -1.91. The molecule has 2 heterocycles. The van der Waals surface area contributed by atoms with Gasteiger partial charge in [-0.1, -0.05) is 0 Å². The first-order chi connectivity index (χ1) is 11.3. The van der Waals surface area contributed by atoms with Crippen LogP contribution in [0.1, 0.15) is 24.3 Å². The topological polar surface area (TPSA) is 115 Å². The second-order valence-corrected chi connectivity index (χ2v) is 7.32. The van der Waals surface area contributed by atoms with Crippen LogP contribution in [0.4, 0.5) is 0 Å². The molecule has 0 aromatic carbocycles. The largest absolute Gasteiger partial charge is 0.460 e. The summed E-state index contributed by atoms with van der Waals surface area (Å²) in [5.74, 6) is -1.51. The number of ether oxygens (including phenoxy) is 3. The molecule has 9 nitrogen and oxygen atoms in total. The van der Waals surface area contributed by atoms with Crippen molar-refractivity contribution in [1.29, 1.82) is 0 Å². The normalized spacial score (nSPS) is 16.1. The highest BCUT2D eigenvalue weighted by Crippen LogP contribution is 2.18. The fourth-order valence-corrected chi connectivity index (χ4v) is 3.48. The summed E-state index contributed by atoms with van der Waals surface area (Å²) in [4.78, 5) is 25.7. The van der Waals surface area contributed by atoms with E-state index in [-0.39, 0.29) is 29.8 Å². The number of H-pyrrole nitrogens is 1. The molecule has 0 radical (unpaired) electrons. The van der Waals surface area contributed by atoms with Crippen molar-refractivity contribution in [2.75, 3.05) is 32.9 Å². The van der Waals surface area contributed by atoms with E-state index in [0.717, 1.165) is 0 Å². The smallest absolute Gasteiger partial charge is 0.355 e. The lowest BCUT2D eigenvalue weighted by atomic mass is 10.4. The van der Waals surface area contributed by atoms with Gasteiger partial charge < -0.3 is 19.2 Å². The first-order valence-electron chi connectivity index (χ1n) is 7.43. The van der Waals surface area contributed by atoms with Crippen LogP contribution in [0.15, 0.2) is 17.2 Å². The Kier molecular flexibility index (Phi) is 5.97. The van der Waals surface area contributed by atoms with Crippen LogP contribution in [0.2, 0.25) is 0 Å².